The van der Waals surface area contributed by atoms with Crippen molar-refractivity contribution in [1.82, 2.24) is 20.5 Å². The van der Waals surface area contributed by atoms with Crippen LogP contribution in [0.4, 0.5) is 15.8 Å². The lowest BCUT2D eigenvalue weighted by molar-refractivity contribution is -0.144. The summed E-state index contributed by atoms with van der Waals surface area (Å²) in [7, 11) is 1.43. The number of nitrogens with one attached hydrogen (secondary N) is 2. The highest BCUT2D eigenvalue weighted by Gasteiger charge is 2.50. The van der Waals surface area contributed by atoms with Crippen LogP contribution in [0.2, 0.25) is 0 Å². The second-order valence-corrected chi connectivity index (χ2v) is 18.2. The average molecular weight is 940 g/mol. The Bertz CT molecular complexity index is 2440. The van der Waals surface area contributed by atoms with Gasteiger partial charge in [0.05, 0.1) is 31.2 Å². The lowest BCUT2D eigenvalue weighted by atomic mass is 9.85. The molecule has 0 unspecified atom stereocenters. The Balaban J connectivity index is 0.860. The topological polar surface area (TPSA) is 189 Å². The second-order valence-electron chi connectivity index (χ2n) is 17.8. The van der Waals surface area contributed by atoms with Crippen LogP contribution in [0.1, 0.15) is 77.8 Å². The Hall–Kier alpha value is -6.42. The molecule has 0 aliphatic carbocycles. The lowest BCUT2D eigenvalue weighted by Gasteiger charge is -2.35. The van der Waals surface area contributed by atoms with E-state index in [9.17, 15) is 24.4 Å². The van der Waals surface area contributed by atoms with Crippen molar-refractivity contribution in [2.24, 2.45) is 5.41 Å². The molecule has 67 heavy (non-hydrogen) atoms. The average Bonchev–Trinajstić information content (AvgIpc) is 4.06. The highest BCUT2D eigenvalue weighted by atomic mass is 32.1. The lowest BCUT2D eigenvalue weighted by Crippen LogP contribution is -2.58. The number of nitrogens with zero attached hydrogens (tertiary/aromatic N) is 5. The predicted octanol–water partition coefficient (Wildman–Crippen LogP) is 6.70. The molecule has 2 fully saturated rings. The molecule has 2 atom stereocenters. The number of halogens is 1. The number of nitriles is 1. The van der Waals surface area contributed by atoms with Crippen molar-refractivity contribution < 1.29 is 46.9 Å². The Morgan fingerprint density at radius 3 is 2.39 bits per heavy atom. The highest BCUT2D eigenvalue weighted by Crippen LogP contribution is 2.39. The van der Waals surface area contributed by atoms with Crippen LogP contribution in [0.15, 0.2) is 77.7 Å². The number of rotatable bonds is 21. The molecule has 0 saturated carbocycles. The van der Waals surface area contributed by atoms with Gasteiger partial charge in [-0.25, -0.2) is 9.37 Å². The van der Waals surface area contributed by atoms with Crippen molar-refractivity contribution in [3.63, 3.8) is 0 Å². The SMILES string of the molecule is COc1cc(N2C(=O)C(C)(C)N(c3ccc(OCCCCOCCCOCC(=O)N[C@H](C(=O)N4CCC[C@H]4C(=O)NCc4ccc(-c5cnco5)cc4)C(C)(C)C)c(F)c3)C2=S)ccc1C#N. The van der Waals surface area contributed by atoms with E-state index < -0.39 is 34.8 Å². The van der Waals surface area contributed by atoms with Gasteiger partial charge in [-0.15, -0.1) is 0 Å². The van der Waals surface area contributed by atoms with Crippen molar-refractivity contribution in [2.45, 2.75) is 90.9 Å². The fraction of sp³-hybridized carbons (Fsp3) is 0.449. The summed E-state index contributed by atoms with van der Waals surface area (Å²) in [5.41, 5.74) is 1.13. The second kappa shape index (κ2) is 22.4. The van der Waals surface area contributed by atoms with Gasteiger partial charge >= 0.3 is 0 Å². The minimum atomic E-state index is -1.14. The van der Waals surface area contributed by atoms with E-state index in [4.69, 9.17) is 35.6 Å². The maximum absolute atomic E-state index is 15.3. The largest absolute Gasteiger partial charge is 0.495 e. The number of likely N-dealkylation sites (tertiary alicyclic amines) is 1. The van der Waals surface area contributed by atoms with Crippen LogP contribution in [0.5, 0.6) is 11.5 Å². The van der Waals surface area contributed by atoms with Crippen LogP contribution in [-0.2, 0) is 35.2 Å². The maximum Gasteiger partial charge on any atom is 0.259 e. The molecule has 4 aromatic rings. The van der Waals surface area contributed by atoms with Gasteiger partial charge in [-0.05, 0) is 93.4 Å². The molecule has 16 nitrogen and oxygen atoms in total. The van der Waals surface area contributed by atoms with Crippen LogP contribution in [0.25, 0.3) is 11.3 Å². The molecule has 0 bridgehead atoms. The van der Waals surface area contributed by atoms with Crippen molar-refractivity contribution in [3.05, 3.63) is 90.2 Å². The first kappa shape index (κ1) is 50.0. The number of amides is 4. The number of thiocarbonyl (C=S) groups is 1. The summed E-state index contributed by atoms with van der Waals surface area (Å²) in [4.78, 5) is 62.2. The zero-order chi connectivity index (χ0) is 48.3. The molecule has 6 rings (SSSR count). The molecule has 0 spiro atoms. The zero-order valence-electron chi connectivity index (χ0n) is 38.8. The normalized spacial score (nSPS) is 16.2. The number of hydrogen-bond acceptors (Lipinski definition) is 12. The van der Waals surface area contributed by atoms with E-state index in [2.05, 4.69) is 15.6 Å². The number of carbonyl (C=O) groups is 4. The molecule has 356 valence electrons. The Labute approximate surface area is 395 Å². The van der Waals surface area contributed by atoms with E-state index in [0.29, 0.717) is 86.9 Å². The predicted molar refractivity (Wildman–Crippen MR) is 252 cm³/mol. The van der Waals surface area contributed by atoms with Gasteiger partial charge in [-0.1, -0.05) is 45.0 Å². The first-order valence-corrected chi connectivity index (χ1v) is 22.7. The van der Waals surface area contributed by atoms with Crippen molar-refractivity contribution >= 4 is 52.3 Å². The summed E-state index contributed by atoms with van der Waals surface area (Å²) in [6, 6.07) is 17.3. The molecule has 18 heteroatoms. The van der Waals surface area contributed by atoms with Crippen LogP contribution in [-0.4, -0.2) is 103 Å². The molecular formula is C49H58FN7O9S. The maximum atomic E-state index is 15.3. The fourth-order valence-corrected chi connectivity index (χ4v) is 8.43. The standard InChI is InChI=1S/C49H58FN7O9S/c1-48(2,3)43(45(60)55-20-9-11-38(55)44(59)53-28-32-12-14-33(15-13-32)41-29-52-31-66-41)54-42(58)30-64-23-10-22-63-21-7-8-24-65-39-19-18-36(25-37(39)50)57-47(67)56(46(61)49(57,4)5)35-17-16-34(27-51)40(26-35)62-6/h12-19,25-26,29,31,38,43H,7-11,20-24,28,30H2,1-6H3,(H,53,59)(H,54,58)/t38-,43+/m0/s1. The van der Waals surface area contributed by atoms with E-state index in [1.165, 1.54) is 30.5 Å². The third-order valence-corrected chi connectivity index (χ3v) is 11.9. The van der Waals surface area contributed by atoms with E-state index in [-0.39, 0.29) is 48.4 Å². The number of carbonyl (C=O) groups excluding carboxylic acids is 4. The molecule has 2 aliphatic heterocycles. The Morgan fingerprint density at radius 2 is 1.70 bits per heavy atom. The van der Waals surface area contributed by atoms with Gasteiger partial charge in [0.2, 0.25) is 17.7 Å². The summed E-state index contributed by atoms with van der Waals surface area (Å²) in [5, 5.41) is 15.3. The van der Waals surface area contributed by atoms with Gasteiger partial charge in [0, 0.05) is 56.3 Å². The number of hydrogen-bond donors (Lipinski definition) is 2. The molecule has 2 saturated heterocycles. The number of unbranched alkanes of at least 4 members (excludes halogenated alkanes) is 1. The number of aromatic nitrogens is 1. The van der Waals surface area contributed by atoms with Gasteiger partial charge in [0.15, 0.2) is 28.8 Å². The van der Waals surface area contributed by atoms with Gasteiger partial charge in [0.25, 0.3) is 5.91 Å². The van der Waals surface area contributed by atoms with E-state index >= 15 is 4.39 Å². The van der Waals surface area contributed by atoms with Crippen LogP contribution < -0.4 is 29.9 Å². The van der Waals surface area contributed by atoms with E-state index in [1.54, 1.807) is 54.1 Å². The van der Waals surface area contributed by atoms with Gasteiger partial charge in [-0.2, -0.15) is 5.26 Å². The molecule has 4 amide bonds. The Kier molecular flexibility index (Phi) is 16.7. The summed E-state index contributed by atoms with van der Waals surface area (Å²) < 4.78 is 43.0. The highest BCUT2D eigenvalue weighted by molar-refractivity contribution is 7.81. The summed E-state index contributed by atoms with van der Waals surface area (Å²) >= 11 is 5.72. The third kappa shape index (κ3) is 12.1. The van der Waals surface area contributed by atoms with Crippen molar-refractivity contribution in [2.75, 3.05) is 56.5 Å². The van der Waals surface area contributed by atoms with Gasteiger partial charge in [-0.3, -0.25) is 24.1 Å². The fourth-order valence-electron chi connectivity index (χ4n) is 7.90. The van der Waals surface area contributed by atoms with Crippen LogP contribution in [0.3, 0.4) is 0 Å². The summed E-state index contributed by atoms with van der Waals surface area (Å²) in [6.07, 6.45) is 6.02. The molecule has 0 radical (unpaired) electrons. The molecule has 1 aromatic heterocycles. The summed E-state index contributed by atoms with van der Waals surface area (Å²) in [5.74, 6) is -0.888. The smallest absolute Gasteiger partial charge is 0.259 e. The number of anilines is 2. The van der Waals surface area contributed by atoms with Crippen molar-refractivity contribution in [1.29, 1.82) is 5.26 Å². The Morgan fingerprint density at radius 1 is 0.985 bits per heavy atom. The monoisotopic (exact) mass is 939 g/mol. The quantitative estimate of drug-likeness (QED) is 0.0664. The molecular weight excluding hydrogens is 882 g/mol. The summed E-state index contributed by atoms with van der Waals surface area (Å²) in [6.45, 7) is 10.9. The first-order chi connectivity index (χ1) is 32.0. The number of oxazole rings is 1. The molecule has 3 aromatic carbocycles. The van der Waals surface area contributed by atoms with Crippen LogP contribution in [0, 0.1) is 22.6 Å². The van der Waals surface area contributed by atoms with E-state index in [0.717, 1.165) is 11.1 Å². The van der Waals surface area contributed by atoms with Crippen LogP contribution >= 0.6 is 12.2 Å². The first-order valence-electron chi connectivity index (χ1n) is 22.2. The zero-order valence-corrected chi connectivity index (χ0v) is 39.6. The van der Waals surface area contributed by atoms with Gasteiger partial charge in [0.1, 0.15) is 36.0 Å². The molecule has 2 aliphatic rings. The number of benzene rings is 3. The minimum Gasteiger partial charge on any atom is -0.495 e. The molecule has 2 N–H and O–H groups in total. The van der Waals surface area contributed by atoms with Gasteiger partial charge < -0.3 is 43.8 Å². The van der Waals surface area contributed by atoms with E-state index in [1.807, 2.05) is 51.1 Å². The number of ether oxygens (including phenoxy) is 4. The van der Waals surface area contributed by atoms with Crippen molar-refractivity contribution in [3.8, 4) is 28.9 Å². The third-order valence-electron chi connectivity index (χ3n) is 11.6. The number of methoxy groups -OCH3 is 1. The minimum absolute atomic E-state index is 0.0641. The molecule has 3 heterocycles.